The standard InChI is InChI=1S/C19H20S/c1-3-6-17(7-4-2)18-12-9-16(10-13-18)11-14-19-8-5-15-20-19/h5-6,8-10,12-13,15H,3-4,7H2,1-2H3/b17-6+. The number of hydrogen-bond donors (Lipinski definition) is 0. The van der Waals surface area contributed by atoms with Crippen molar-refractivity contribution in [3.05, 3.63) is 63.9 Å². The van der Waals surface area contributed by atoms with Crippen LogP contribution in [0.4, 0.5) is 0 Å². The quantitative estimate of drug-likeness (QED) is 0.626. The van der Waals surface area contributed by atoms with E-state index in [0.717, 1.165) is 23.3 Å². The molecule has 0 aliphatic carbocycles. The SMILES string of the molecule is CC/C=C(\CCC)c1ccc(C#Cc2cccs2)cc1. The Kier molecular flexibility index (Phi) is 5.65. The predicted molar refractivity (Wildman–Crippen MR) is 89.9 cm³/mol. The molecule has 2 rings (SSSR count). The lowest BCUT2D eigenvalue weighted by Gasteiger charge is -2.06. The normalized spacial score (nSPS) is 11.0. The molecule has 0 radical (unpaired) electrons. The lowest BCUT2D eigenvalue weighted by molar-refractivity contribution is 0.967. The maximum absolute atomic E-state index is 3.22. The molecule has 2 aromatic rings. The van der Waals surface area contributed by atoms with Gasteiger partial charge >= 0.3 is 0 Å². The van der Waals surface area contributed by atoms with Crippen LogP contribution in [0.1, 0.15) is 49.1 Å². The zero-order chi connectivity index (χ0) is 14.2. The van der Waals surface area contributed by atoms with Crippen molar-refractivity contribution in [1.82, 2.24) is 0 Å². The van der Waals surface area contributed by atoms with Crippen LogP contribution in [0.15, 0.2) is 47.9 Å². The summed E-state index contributed by atoms with van der Waals surface area (Å²) >= 11 is 1.68. The zero-order valence-corrected chi connectivity index (χ0v) is 13.0. The zero-order valence-electron chi connectivity index (χ0n) is 12.1. The fourth-order valence-corrected chi connectivity index (χ4v) is 2.70. The molecule has 0 spiro atoms. The van der Waals surface area contributed by atoms with Gasteiger partial charge in [0.05, 0.1) is 4.88 Å². The maximum Gasteiger partial charge on any atom is 0.0772 e. The van der Waals surface area contributed by atoms with Crippen LogP contribution in [0.3, 0.4) is 0 Å². The Morgan fingerprint density at radius 1 is 1.10 bits per heavy atom. The van der Waals surface area contributed by atoms with Gasteiger partial charge in [0.25, 0.3) is 0 Å². The highest BCUT2D eigenvalue weighted by molar-refractivity contribution is 7.10. The van der Waals surface area contributed by atoms with E-state index < -0.39 is 0 Å². The first-order chi connectivity index (χ1) is 9.83. The molecule has 1 aromatic heterocycles. The van der Waals surface area contributed by atoms with Crippen molar-refractivity contribution in [3.8, 4) is 11.8 Å². The first-order valence-electron chi connectivity index (χ1n) is 7.18. The number of allylic oxidation sites excluding steroid dienone is 2. The second-order valence-corrected chi connectivity index (χ2v) is 5.64. The van der Waals surface area contributed by atoms with Gasteiger partial charge in [0, 0.05) is 5.56 Å². The van der Waals surface area contributed by atoms with Gasteiger partial charge < -0.3 is 0 Å². The molecule has 0 fully saturated rings. The monoisotopic (exact) mass is 280 g/mol. The Hall–Kier alpha value is -1.78. The van der Waals surface area contributed by atoms with E-state index in [4.69, 9.17) is 0 Å². The molecule has 0 aliphatic heterocycles. The van der Waals surface area contributed by atoms with E-state index in [9.17, 15) is 0 Å². The van der Waals surface area contributed by atoms with Gasteiger partial charge in [-0.2, -0.15) is 0 Å². The van der Waals surface area contributed by atoms with Crippen LogP contribution in [-0.4, -0.2) is 0 Å². The van der Waals surface area contributed by atoms with E-state index in [-0.39, 0.29) is 0 Å². The number of rotatable bonds is 4. The van der Waals surface area contributed by atoms with Crippen LogP contribution in [0, 0.1) is 11.8 Å². The summed E-state index contributed by atoms with van der Waals surface area (Å²) < 4.78 is 0. The molecule has 0 amide bonds. The van der Waals surface area contributed by atoms with Crippen LogP contribution in [0.5, 0.6) is 0 Å². The third-order valence-corrected chi connectivity index (χ3v) is 3.86. The summed E-state index contributed by atoms with van der Waals surface area (Å²) in [6.45, 7) is 4.42. The molecule has 0 nitrogen and oxygen atoms in total. The highest BCUT2D eigenvalue weighted by Gasteiger charge is 1.99. The Labute approximate surface area is 126 Å². The Bertz CT molecular complexity index is 604. The molecule has 0 unspecified atom stereocenters. The lowest BCUT2D eigenvalue weighted by atomic mass is 9.99. The van der Waals surface area contributed by atoms with E-state index in [1.807, 2.05) is 6.07 Å². The lowest BCUT2D eigenvalue weighted by Crippen LogP contribution is -1.85. The summed E-state index contributed by atoms with van der Waals surface area (Å²) in [5, 5.41) is 2.06. The first-order valence-corrected chi connectivity index (χ1v) is 8.06. The minimum Gasteiger partial charge on any atom is -0.135 e. The van der Waals surface area contributed by atoms with Crippen molar-refractivity contribution in [2.75, 3.05) is 0 Å². The summed E-state index contributed by atoms with van der Waals surface area (Å²) in [6, 6.07) is 12.7. The largest absolute Gasteiger partial charge is 0.135 e. The average Bonchev–Trinajstić information content (AvgIpc) is 2.99. The third kappa shape index (κ3) is 4.11. The molecule has 0 atom stereocenters. The number of thiophene rings is 1. The maximum atomic E-state index is 3.22. The smallest absolute Gasteiger partial charge is 0.0772 e. The van der Waals surface area contributed by atoms with Crippen molar-refractivity contribution in [2.45, 2.75) is 33.1 Å². The summed E-state index contributed by atoms with van der Waals surface area (Å²) in [5.74, 6) is 6.41. The van der Waals surface area contributed by atoms with E-state index in [1.54, 1.807) is 11.3 Å². The minimum absolute atomic E-state index is 1.08. The molecule has 1 heteroatoms. The summed E-state index contributed by atoms with van der Waals surface area (Å²) in [6.07, 6.45) is 5.75. The van der Waals surface area contributed by atoms with Gasteiger partial charge in [0.1, 0.15) is 0 Å². The van der Waals surface area contributed by atoms with Crippen molar-refractivity contribution in [3.63, 3.8) is 0 Å². The van der Waals surface area contributed by atoms with Gasteiger partial charge in [-0.15, -0.1) is 11.3 Å². The molecule has 0 aliphatic rings. The molecule has 0 bridgehead atoms. The van der Waals surface area contributed by atoms with Crippen LogP contribution < -0.4 is 0 Å². The highest BCUT2D eigenvalue weighted by Crippen LogP contribution is 2.21. The third-order valence-electron chi connectivity index (χ3n) is 3.08. The Morgan fingerprint density at radius 2 is 1.90 bits per heavy atom. The second kappa shape index (κ2) is 7.72. The number of benzene rings is 1. The van der Waals surface area contributed by atoms with Gasteiger partial charge in [-0.25, -0.2) is 0 Å². The van der Waals surface area contributed by atoms with Crippen molar-refractivity contribution < 1.29 is 0 Å². The fraction of sp³-hybridized carbons (Fsp3) is 0.263. The highest BCUT2D eigenvalue weighted by atomic mass is 32.1. The molecular formula is C19H20S. The average molecular weight is 280 g/mol. The van der Waals surface area contributed by atoms with Gasteiger partial charge in [0.15, 0.2) is 0 Å². The van der Waals surface area contributed by atoms with Gasteiger partial charge in [0.2, 0.25) is 0 Å². The molecule has 1 aromatic carbocycles. The molecule has 0 saturated heterocycles. The van der Waals surface area contributed by atoms with Crippen molar-refractivity contribution in [1.29, 1.82) is 0 Å². The van der Waals surface area contributed by atoms with Crippen LogP contribution in [0.2, 0.25) is 0 Å². The Balaban J connectivity index is 2.15. The van der Waals surface area contributed by atoms with Crippen LogP contribution in [0.25, 0.3) is 5.57 Å². The van der Waals surface area contributed by atoms with Gasteiger partial charge in [-0.1, -0.05) is 56.4 Å². The molecule has 0 N–H and O–H groups in total. The van der Waals surface area contributed by atoms with Crippen molar-refractivity contribution in [2.24, 2.45) is 0 Å². The van der Waals surface area contributed by atoms with E-state index in [2.05, 4.69) is 67.5 Å². The first kappa shape index (κ1) is 14.6. The molecule has 1 heterocycles. The molecule has 0 saturated carbocycles. The summed E-state index contributed by atoms with van der Waals surface area (Å²) in [7, 11) is 0. The minimum atomic E-state index is 1.08. The summed E-state index contributed by atoms with van der Waals surface area (Å²) in [5.41, 5.74) is 3.86. The number of hydrogen-bond acceptors (Lipinski definition) is 1. The van der Waals surface area contributed by atoms with Crippen LogP contribution in [-0.2, 0) is 0 Å². The van der Waals surface area contributed by atoms with E-state index in [1.165, 1.54) is 17.6 Å². The van der Waals surface area contributed by atoms with E-state index in [0.29, 0.717) is 0 Å². The van der Waals surface area contributed by atoms with Crippen LogP contribution >= 0.6 is 11.3 Å². The summed E-state index contributed by atoms with van der Waals surface area (Å²) in [4.78, 5) is 1.12. The van der Waals surface area contributed by atoms with Gasteiger partial charge in [-0.3, -0.25) is 0 Å². The van der Waals surface area contributed by atoms with E-state index >= 15 is 0 Å². The molecule has 20 heavy (non-hydrogen) atoms. The molecular weight excluding hydrogens is 260 g/mol. The molecule has 102 valence electrons. The van der Waals surface area contributed by atoms with Gasteiger partial charge in [-0.05, 0) is 47.6 Å². The Morgan fingerprint density at radius 3 is 2.50 bits per heavy atom. The fourth-order valence-electron chi connectivity index (χ4n) is 2.13. The van der Waals surface area contributed by atoms with Crippen molar-refractivity contribution >= 4 is 16.9 Å². The predicted octanol–water partition coefficient (Wildman–Crippen LogP) is 5.74. The second-order valence-electron chi connectivity index (χ2n) is 4.69. The topological polar surface area (TPSA) is 0 Å².